The molecular formula is C9H15N5O2. The van der Waals surface area contributed by atoms with Crippen molar-refractivity contribution in [1.82, 2.24) is 20.4 Å². The lowest BCUT2D eigenvalue weighted by atomic mass is 10.3. The molecule has 3 amide bonds. The lowest BCUT2D eigenvalue weighted by molar-refractivity contribution is -0.121. The summed E-state index contributed by atoms with van der Waals surface area (Å²) in [6.07, 6.45) is 1.67. The van der Waals surface area contributed by atoms with Gasteiger partial charge in [0.2, 0.25) is 5.91 Å². The van der Waals surface area contributed by atoms with Crippen molar-refractivity contribution >= 4 is 11.9 Å². The molecule has 0 aliphatic carbocycles. The number of primary amides is 1. The summed E-state index contributed by atoms with van der Waals surface area (Å²) in [6.45, 7) is 2.14. The second-order valence-electron chi connectivity index (χ2n) is 3.40. The fourth-order valence-electron chi connectivity index (χ4n) is 1.15. The summed E-state index contributed by atoms with van der Waals surface area (Å²) in [5.41, 5.74) is 5.78. The predicted octanol–water partition coefficient (Wildman–Crippen LogP) is -0.907. The Morgan fingerprint density at radius 2 is 2.31 bits per heavy atom. The molecule has 0 saturated heterocycles. The van der Waals surface area contributed by atoms with E-state index in [1.165, 1.54) is 0 Å². The summed E-state index contributed by atoms with van der Waals surface area (Å²) >= 11 is 0. The smallest absolute Gasteiger partial charge is 0.318 e. The van der Waals surface area contributed by atoms with E-state index in [9.17, 15) is 9.59 Å². The summed E-state index contributed by atoms with van der Waals surface area (Å²) in [5.74, 6) is -0.449. The van der Waals surface area contributed by atoms with Crippen LogP contribution in [0.3, 0.4) is 0 Å². The van der Waals surface area contributed by atoms with Crippen molar-refractivity contribution in [3.63, 3.8) is 0 Å². The van der Waals surface area contributed by atoms with Crippen LogP contribution in [0, 0.1) is 0 Å². The van der Waals surface area contributed by atoms with Crippen molar-refractivity contribution in [2.24, 2.45) is 12.8 Å². The van der Waals surface area contributed by atoms with Gasteiger partial charge in [-0.2, -0.15) is 5.10 Å². The molecule has 0 aliphatic heterocycles. The zero-order valence-corrected chi connectivity index (χ0v) is 9.23. The van der Waals surface area contributed by atoms with E-state index in [4.69, 9.17) is 5.73 Å². The van der Waals surface area contributed by atoms with Crippen LogP contribution in [0.5, 0.6) is 0 Å². The van der Waals surface area contributed by atoms with Crippen LogP contribution < -0.4 is 16.4 Å². The average Bonchev–Trinajstić information content (AvgIpc) is 2.59. The van der Waals surface area contributed by atoms with Gasteiger partial charge in [0.05, 0.1) is 11.7 Å². The van der Waals surface area contributed by atoms with Gasteiger partial charge >= 0.3 is 6.03 Å². The minimum absolute atomic E-state index is 0.449. The molecule has 1 unspecified atom stereocenters. The summed E-state index contributed by atoms with van der Waals surface area (Å²) in [6, 6.07) is 0.493. The maximum atomic E-state index is 11.3. The van der Waals surface area contributed by atoms with Gasteiger partial charge in [-0.3, -0.25) is 14.8 Å². The Labute approximate surface area is 93.0 Å². The number of nitrogens with one attached hydrogen (secondary N) is 2. The lowest BCUT2D eigenvalue weighted by Crippen LogP contribution is -2.46. The van der Waals surface area contributed by atoms with Crippen molar-refractivity contribution in [3.8, 4) is 0 Å². The summed E-state index contributed by atoms with van der Waals surface area (Å²) < 4.78 is 1.70. The van der Waals surface area contributed by atoms with Crippen LogP contribution in [0.15, 0.2) is 12.3 Å². The van der Waals surface area contributed by atoms with Crippen molar-refractivity contribution in [3.05, 3.63) is 18.0 Å². The van der Waals surface area contributed by atoms with Crippen molar-refractivity contribution in [1.29, 1.82) is 0 Å². The number of carbonyl (C=O) groups is 2. The number of carbonyl (C=O) groups excluding carboxylic acids is 2. The van der Waals surface area contributed by atoms with Gasteiger partial charge in [0.25, 0.3) is 0 Å². The van der Waals surface area contributed by atoms with E-state index >= 15 is 0 Å². The van der Waals surface area contributed by atoms with Gasteiger partial charge in [0, 0.05) is 19.8 Å². The number of imide groups is 1. The SMILES string of the molecule is CC(NCc1ccnn1C)C(=O)NC(N)=O. The van der Waals surface area contributed by atoms with Gasteiger partial charge in [-0.1, -0.05) is 0 Å². The third-order valence-corrected chi connectivity index (χ3v) is 2.15. The number of aromatic nitrogens is 2. The first-order valence-corrected chi connectivity index (χ1v) is 4.81. The number of nitrogens with zero attached hydrogens (tertiary/aromatic N) is 2. The van der Waals surface area contributed by atoms with Gasteiger partial charge < -0.3 is 11.1 Å². The number of rotatable bonds is 4. The average molecular weight is 225 g/mol. The Hall–Kier alpha value is -1.89. The van der Waals surface area contributed by atoms with Crippen LogP contribution in [-0.4, -0.2) is 27.8 Å². The van der Waals surface area contributed by atoms with Crippen molar-refractivity contribution in [2.45, 2.75) is 19.5 Å². The number of hydrogen-bond acceptors (Lipinski definition) is 4. The number of urea groups is 1. The summed E-state index contributed by atoms with van der Waals surface area (Å²) in [5, 5.41) is 8.94. The monoisotopic (exact) mass is 225 g/mol. The summed E-state index contributed by atoms with van der Waals surface area (Å²) in [4.78, 5) is 21.8. The maximum absolute atomic E-state index is 11.3. The molecule has 1 atom stereocenters. The molecule has 0 aliphatic rings. The van der Waals surface area contributed by atoms with Crippen molar-refractivity contribution < 1.29 is 9.59 Å². The molecule has 1 rings (SSSR count). The standard InChI is InChI=1S/C9H15N5O2/c1-6(8(15)13-9(10)16)11-5-7-3-4-12-14(7)2/h3-4,6,11H,5H2,1-2H3,(H3,10,13,15,16). The van der Waals surface area contributed by atoms with Crippen LogP contribution in [0.1, 0.15) is 12.6 Å². The quantitative estimate of drug-likeness (QED) is 0.617. The second-order valence-corrected chi connectivity index (χ2v) is 3.40. The van der Waals surface area contributed by atoms with Crippen LogP contribution >= 0.6 is 0 Å². The Morgan fingerprint density at radius 1 is 1.62 bits per heavy atom. The Bertz CT molecular complexity index is 387. The molecule has 0 radical (unpaired) electrons. The van der Waals surface area contributed by atoms with Gasteiger partial charge in [-0.15, -0.1) is 0 Å². The van der Waals surface area contributed by atoms with E-state index in [1.54, 1.807) is 17.8 Å². The molecular weight excluding hydrogens is 210 g/mol. The highest BCUT2D eigenvalue weighted by Gasteiger charge is 2.13. The molecule has 7 heteroatoms. The molecule has 1 heterocycles. The van der Waals surface area contributed by atoms with E-state index in [0.29, 0.717) is 6.54 Å². The zero-order chi connectivity index (χ0) is 12.1. The molecule has 4 N–H and O–H groups in total. The maximum Gasteiger partial charge on any atom is 0.318 e. The molecule has 88 valence electrons. The molecule has 16 heavy (non-hydrogen) atoms. The van der Waals surface area contributed by atoms with E-state index in [0.717, 1.165) is 5.69 Å². The highest BCUT2D eigenvalue weighted by atomic mass is 16.2. The fourth-order valence-corrected chi connectivity index (χ4v) is 1.15. The van der Waals surface area contributed by atoms with Crippen LogP contribution in [0.25, 0.3) is 0 Å². The number of nitrogens with two attached hydrogens (primary N) is 1. The van der Waals surface area contributed by atoms with Crippen LogP contribution in [0.2, 0.25) is 0 Å². The van der Waals surface area contributed by atoms with Gasteiger partial charge in [0.15, 0.2) is 0 Å². The summed E-state index contributed by atoms with van der Waals surface area (Å²) in [7, 11) is 1.81. The molecule has 1 aromatic rings. The lowest BCUT2D eigenvalue weighted by Gasteiger charge is -2.12. The van der Waals surface area contributed by atoms with Gasteiger partial charge in [-0.25, -0.2) is 4.79 Å². The molecule has 1 aromatic heterocycles. The molecule has 7 nitrogen and oxygen atoms in total. The van der Waals surface area contributed by atoms with Crippen LogP contribution in [-0.2, 0) is 18.4 Å². The molecule has 0 fully saturated rings. The minimum Gasteiger partial charge on any atom is -0.351 e. The molecule has 0 bridgehead atoms. The Balaban J connectivity index is 2.41. The number of amides is 3. The van der Waals surface area contributed by atoms with Crippen LogP contribution in [0.4, 0.5) is 4.79 Å². The van der Waals surface area contributed by atoms with Gasteiger partial charge in [0.1, 0.15) is 0 Å². The van der Waals surface area contributed by atoms with E-state index in [2.05, 4.69) is 10.4 Å². The minimum atomic E-state index is -0.848. The van der Waals surface area contributed by atoms with Crippen molar-refractivity contribution in [2.75, 3.05) is 0 Å². The second kappa shape index (κ2) is 5.26. The van der Waals surface area contributed by atoms with E-state index in [1.807, 2.05) is 18.4 Å². The normalized spacial score (nSPS) is 12.1. The largest absolute Gasteiger partial charge is 0.351 e. The number of aryl methyl sites for hydroxylation is 1. The Kier molecular flexibility index (Phi) is 4.01. The first-order valence-electron chi connectivity index (χ1n) is 4.81. The third-order valence-electron chi connectivity index (χ3n) is 2.15. The Morgan fingerprint density at radius 3 is 2.81 bits per heavy atom. The van der Waals surface area contributed by atoms with Gasteiger partial charge in [-0.05, 0) is 13.0 Å². The van der Waals surface area contributed by atoms with E-state index in [-0.39, 0.29) is 0 Å². The molecule has 0 saturated carbocycles. The third kappa shape index (κ3) is 3.35. The van der Waals surface area contributed by atoms with E-state index < -0.39 is 18.0 Å². The highest BCUT2D eigenvalue weighted by molar-refractivity contribution is 5.96. The molecule has 0 spiro atoms. The zero-order valence-electron chi connectivity index (χ0n) is 9.23. The fraction of sp³-hybridized carbons (Fsp3) is 0.444. The topological polar surface area (TPSA) is 102 Å². The highest BCUT2D eigenvalue weighted by Crippen LogP contribution is 1.96. The first kappa shape index (κ1) is 12.2. The predicted molar refractivity (Wildman–Crippen MR) is 57.2 cm³/mol. The number of hydrogen-bond donors (Lipinski definition) is 3. The first-order chi connectivity index (χ1) is 7.50. The molecule has 0 aromatic carbocycles.